The van der Waals surface area contributed by atoms with Crippen molar-refractivity contribution < 1.29 is 36.4 Å². The molecule has 0 aromatic rings. The quantitative estimate of drug-likeness (QED) is 0.233. The Balaban J connectivity index is 2.21. The van der Waals surface area contributed by atoms with Crippen LogP contribution in [0.4, 0.5) is 0 Å². The standard InChI is InChI=1S/C23H40O8SSi/c1-9-33(10-2,11-3)31-19-16(28-7)12-14(4)18(30-32(8,26)27)20(24)23-15(13-22(23,5)6)17(19)21(25)29-23/h12,15-20,24H,9-11,13H2,1-8H3/b14-12-/t15-,16-,17+,18-,19+,20+,23-/m0/s1. The zero-order chi connectivity index (χ0) is 25.0. The summed E-state index contributed by atoms with van der Waals surface area (Å²) in [5.74, 6) is -1.37. The van der Waals surface area contributed by atoms with E-state index in [9.17, 15) is 18.3 Å². The largest absolute Gasteiger partial charge is 0.455 e. The number of rotatable bonds is 8. The van der Waals surface area contributed by atoms with Gasteiger partial charge in [-0.2, -0.15) is 8.42 Å². The third-order valence-corrected chi connectivity index (χ3v) is 13.7. The van der Waals surface area contributed by atoms with Gasteiger partial charge in [0.25, 0.3) is 10.1 Å². The molecule has 7 atom stereocenters. The predicted octanol–water partition coefficient (Wildman–Crippen LogP) is 3.02. The average Bonchev–Trinajstić information content (AvgIpc) is 3.00. The minimum Gasteiger partial charge on any atom is -0.455 e. The van der Waals surface area contributed by atoms with Gasteiger partial charge in [-0.15, -0.1) is 0 Å². The molecule has 0 aromatic heterocycles. The van der Waals surface area contributed by atoms with Gasteiger partial charge in [0.05, 0.1) is 18.3 Å². The maximum absolute atomic E-state index is 13.4. The first-order valence-corrected chi connectivity index (χ1v) is 16.2. The van der Waals surface area contributed by atoms with E-state index in [0.29, 0.717) is 12.0 Å². The van der Waals surface area contributed by atoms with Crippen LogP contribution in [0.15, 0.2) is 11.6 Å². The second kappa shape index (κ2) is 9.02. The van der Waals surface area contributed by atoms with Gasteiger partial charge in [-0.25, -0.2) is 0 Å². The molecule has 8 nitrogen and oxygen atoms in total. The zero-order valence-electron chi connectivity index (χ0n) is 21.1. The summed E-state index contributed by atoms with van der Waals surface area (Å²) >= 11 is 0. The third kappa shape index (κ3) is 4.25. The van der Waals surface area contributed by atoms with Crippen molar-refractivity contribution in [3.8, 4) is 0 Å². The summed E-state index contributed by atoms with van der Waals surface area (Å²) in [7, 11) is -4.50. The summed E-state index contributed by atoms with van der Waals surface area (Å²) in [4.78, 5) is 13.4. The van der Waals surface area contributed by atoms with Crippen molar-refractivity contribution in [1.82, 2.24) is 0 Å². The van der Waals surface area contributed by atoms with Crippen molar-refractivity contribution in [3.05, 3.63) is 11.6 Å². The lowest BCUT2D eigenvalue weighted by Crippen LogP contribution is -2.70. The van der Waals surface area contributed by atoms with Crippen molar-refractivity contribution >= 4 is 24.4 Å². The van der Waals surface area contributed by atoms with E-state index in [4.69, 9.17) is 18.1 Å². The maximum atomic E-state index is 13.4. The van der Waals surface area contributed by atoms with Crippen LogP contribution in [-0.2, 0) is 33.0 Å². The van der Waals surface area contributed by atoms with Gasteiger partial charge in [0.15, 0.2) is 8.32 Å². The smallest absolute Gasteiger partial charge is 0.312 e. The van der Waals surface area contributed by atoms with Crippen LogP contribution in [0.5, 0.6) is 0 Å². The molecule has 0 amide bonds. The molecular weight excluding hydrogens is 464 g/mol. The Labute approximate surface area is 199 Å². The summed E-state index contributed by atoms with van der Waals surface area (Å²) < 4.78 is 48.4. The molecule has 0 aromatic carbocycles. The van der Waals surface area contributed by atoms with Gasteiger partial charge in [-0.05, 0) is 37.0 Å². The number of hydrogen-bond donors (Lipinski definition) is 1. The average molecular weight is 505 g/mol. The van der Waals surface area contributed by atoms with Gasteiger partial charge in [0, 0.05) is 18.4 Å². The van der Waals surface area contributed by atoms with Crippen molar-refractivity contribution in [2.75, 3.05) is 13.4 Å². The molecule has 1 saturated carbocycles. The molecule has 1 aliphatic heterocycles. The van der Waals surface area contributed by atoms with Crippen molar-refractivity contribution in [3.63, 3.8) is 0 Å². The number of methoxy groups -OCH3 is 1. The van der Waals surface area contributed by atoms with Crippen LogP contribution in [0.1, 0.15) is 48.0 Å². The second-order valence-corrected chi connectivity index (χ2v) is 16.9. The van der Waals surface area contributed by atoms with Gasteiger partial charge in [-0.1, -0.05) is 40.7 Å². The molecule has 1 saturated heterocycles. The van der Waals surface area contributed by atoms with Crippen LogP contribution < -0.4 is 0 Å². The highest BCUT2D eigenvalue weighted by atomic mass is 32.2. The third-order valence-electron chi connectivity index (χ3n) is 8.46. The number of aliphatic hydroxyl groups excluding tert-OH is 1. The molecule has 2 fully saturated rings. The highest BCUT2D eigenvalue weighted by molar-refractivity contribution is 7.86. The molecular formula is C23H40O8SSi. The molecule has 190 valence electrons. The summed E-state index contributed by atoms with van der Waals surface area (Å²) in [6, 6.07) is 2.71. The number of esters is 1. The number of aliphatic hydroxyl groups is 1. The van der Waals surface area contributed by atoms with Crippen LogP contribution in [0.3, 0.4) is 0 Å². The van der Waals surface area contributed by atoms with Gasteiger partial charge in [0.2, 0.25) is 0 Å². The number of hydrogen-bond acceptors (Lipinski definition) is 8. The van der Waals surface area contributed by atoms with E-state index in [1.807, 2.05) is 13.8 Å². The molecule has 0 unspecified atom stereocenters. The monoisotopic (exact) mass is 504 g/mol. The van der Waals surface area contributed by atoms with E-state index in [1.54, 1.807) is 20.1 Å². The topological polar surface area (TPSA) is 108 Å². The fourth-order valence-electron chi connectivity index (χ4n) is 6.36. The number of carbonyl (C=O) groups excluding carboxylic acids is 1. The van der Waals surface area contributed by atoms with Crippen LogP contribution in [0, 0.1) is 17.3 Å². The van der Waals surface area contributed by atoms with Crippen LogP contribution in [0.25, 0.3) is 0 Å². The molecule has 2 aliphatic carbocycles. The fraction of sp³-hybridized carbons (Fsp3) is 0.870. The molecule has 1 heterocycles. The van der Waals surface area contributed by atoms with E-state index in [-0.39, 0.29) is 5.92 Å². The lowest BCUT2D eigenvalue weighted by molar-refractivity contribution is -0.251. The lowest BCUT2D eigenvalue weighted by Gasteiger charge is -2.60. The molecule has 3 rings (SSSR count). The van der Waals surface area contributed by atoms with Gasteiger partial charge >= 0.3 is 5.97 Å². The first-order chi connectivity index (χ1) is 15.2. The Bertz CT molecular complexity index is 888. The minimum absolute atomic E-state index is 0.333. The Hall–Kier alpha value is -0.783. The van der Waals surface area contributed by atoms with E-state index < -0.39 is 65.8 Å². The summed E-state index contributed by atoms with van der Waals surface area (Å²) in [6.45, 7) is 12.0. The van der Waals surface area contributed by atoms with Crippen LogP contribution in [0.2, 0.25) is 18.1 Å². The van der Waals surface area contributed by atoms with E-state index in [2.05, 4.69) is 20.8 Å². The highest BCUT2D eigenvalue weighted by Gasteiger charge is 2.77. The van der Waals surface area contributed by atoms with Crippen molar-refractivity contribution in [1.29, 1.82) is 0 Å². The van der Waals surface area contributed by atoms with E-state index in [0.717, 1.165) is 24.4 Å². The van der Waals surface area contributed by atoms with Crippen LogP contribution in [-0.4, -0.2) is 71.2 Å². The number of ether oxygens (including phenoxy) is 2. The van der Waals surface area contributed by atoms with Crippen molar-refractivity contribution in [2.45, 2.75) is 96.1 Å². The first-order valence-electron chi connectivity index (χ1n) is 11.9. The Morgan fingerprint density at radius 3 is 2.24 bits per heavy atom. The second-order valence-electron chi connectivity index (χ2n) is 10.5. The summed E-state index contributed by atoms with van der Waals surface area (Å²) in [5, 5.41) is 11.6. The Kier molecular flexibility index (Phi) is 7.33. The van der Waals surface area contributed by atoms with Crippen molar-refractivity contribution in [2.24, 2.45) is 17.3 Å². The molecule has 1 N–H and O–H groups in total. The summed E-state index contributed by atoms with van der Waals surface area (Å²) in [5.41, 5.74) is -1.32. The predicted molar refractivity (Wildman–Crippen MR) is 127 cm³/mol. The molecule has 33 heavy (non-hydrogen) atoms. The Morgan fingerprint density at radius 2 is 1.79 bits per heavy atom. The zero-order valence-corrected chi connectivity index (χ0v) is 22.9. The lowest BCUT2D eigenvalue weighted by atomic mass is 9.47. The number of carbonyl (C=O) groups is 1. The maximum Gasteiger partial charge on any atom is 0.312 e. The van der Waals surface area contributed by atoms with E-state index >= 15 is 0 Å². The fourth-order valence-corrected chi connectivity index (χ4v) is 9.85. The molecule has 2 bridgehead atoms. The first kappa shape index (κ1) is 26.8. The van der Waals surface area contributed by atoms with Gasteiger partial charge in [0.1, 0.15) is 23.9 Å². The molecule has 3 aliphatic rings. The normalized spacial score (nSPS) is 39.9. The van der Waals surface area contributed by atoms with Crippen LogP contribution >= 0.6 is 0 Å². The highest BCUT2D eigenvalue weighted by Crippen LogP contribution is 2.66. The Morgan fingerprint density at radius 1 is 1.21 bits per heavy atom. The SMILES string of the molecule is CC[Si](CC)(CC)O[C@H]1[C@@H]2C(=O)O[C@]3([C@H](O)[C@@H](OS(C)(=O)=O)/C(C)=C\[C@@H]1OC)[C@H]2CC3(C)C. The van der Waals surface area contributed by atoms with Gasteiger partial charge in [-0.3, -0.25) is 8.98 Å². The molecule has 0 spiro atoms. The van der Waals surface area contributed by atoms with E-state index in [1.165, 1.54) is 0 Å². The van der Waals surface area contributed by atoms with Gasteiger partial charge < -0.3 is 19.0 Å². The minimum atomic E-state index is -3.90. The summed E-state index contributed by atoms with van der Waals surface area (Å²) in [6.07, 6.45) is -0.413. The molecule has 10 heteroatoms. The molecule has 0 radical (unpaired) electrons.